The minimum Gasteiger partial charge on any atom is -0.354 e. The SMILES string of the molecule is CCCCNC(=O)[C@H](C)N(Cc1ccccc1)C(=O)CSCc1ccc(Cl)cc1. The van der Waals surface area contributed by atoms with Gasteiger partial charge >= 0.3 is 0 Å². The van der Waals surface area contributed by atoms with E-state index in [0.717, 1.165) is 29.7 Å². The Kier molecular flexibility index (Phi) is 10.1. The zero-order chi connectivity index (χ0) is 21.1. The summed E-state index contributed by atoms with van der Waals surface area (Å²) in [5.74, 6) is 0.901. The third-order valence-electron chi connectivity index (χ3n) is 4.60. The zero-order valence-electron chi connectivity index (χ0n) is 17.1. The van der Waals surface area contributed by atoms with Crippen LogP contribution in [0, 0.1) is 0 Å². The van der Waals surface area contributed by atoms with Crippen LogP contribution in [0.2, 0.25) is 5.02 Å². The van der Waals surface area contributed by atoms with Crippen molar-refractivity contribution in [3.63, 3.8) is 0 Å². The third-order valence-corrected chi connectivity index (χ3v) is 5.84. The number of nitrogens with zero attached hydrogens (tertiary/aromatic N) is 1. The Morgan fingerprint density at radius 2 is 1.76 bits per heavy atom. The van der Waals surface area contributed by atoms with Crippen molar-refractivity contribution in [1.82, 2.24) is 10.2 Å². The number of hydrogen-bond acceptors (Lipinski definition) is 3. The van der Waals surface area contributed by atoms with Gasteiger partial charge in [-0.15, -0.1) is 11.8 Å². The van der Waals surface area contributed by atoms with Crippen LogP contribution in [0.4, 0.5) is 0 Å². The highest BCUT2D eigenvalue weighted by atomic mass is 35.5. The number of carbonyl (C=O) groups excluding carboxylic acids is 2. The molecule has 0 aliphatic carbocycles. The van der Waals surface area contributed by atoms with E-state index in [1.807, 2.05) is 54.6 Å². The smallest absolute Gasteiger partial charge is 0.242 e. The molecule has 6 heteroatoms. The van der Waals surface area contributed by atoms with Gasteiger partial charge in [0.15, 0.2) is 0 Å². The molecule has 2 aromatic carbocycles. The molecule has 0 spiro atoms. The number of benzene rings is 2. The monoisotopic (exact) mass is 432 g/mol. The van der Waals surface area contributed by atoms with Gasteiger partial charge in [0.1, 0.15) is 6.04 Å². The van der Waals surface area contributed by atoms with Crippen LogP contribution in [0.5, 0.6) is 0 Å². The number of hydrogen-bond donors (Lipinski definition) is 1. The number of unbranched alkanes of at least 4 members (excludes halogenated alkanes) is 1. The maximum Gasteiger partial charge on any atom is 0.242 e. The Bertz CT molecular complexity index is 768. The molecule has 0 heterocycles. The molecule has 0 aliphatic rings. The van der Waals surface area contributed by atoms with Crippen molar-refractivity contribution in [2.75, 3.05) is 12.3 Å². The minimum atomic E-state index is -0.518. The van der Waals surface area contributed by atoms with Crippen molar-refractivity contribution >= 4 is 35.2 Å². The fourth-order valence-corrected chi connectivity index (χ4v) is 3.82. The molecular formula is C23H29ClN2O2S. The fraction of sp³-hybridized carbons (Fsp3) is 0.391. The predicted octanol–water partition coefficient (Wildman–Crippen LogP) is 4.91. The molecule has 0 aliphatic heterocycles. The third kappa shape index (κ3) is 8.11. The Hall–Kier alpha value is -1.98. The molecule has 4 nitrogen and oxygen atoms in total. The van der Waals surface area contributed by atoms with Gasteiger partial charge in [-0.1, -0.05) is 67.4 Å². The van der Waals surface area contributed by atoms with Crippen LogP contribution in [0.15, 0.2) is 54.6 Å². The van der Waals surface area contributed by atoms with Crippen LogP contribution < -0.4 is 5.32 Å². The van der Waals surface area contributed by atoms with Gasteiger partial charge < -0.3 is 10.2 Å². The van der Waals surface area contributed by atoms with Crippen molar-refractivity contribution in [1.29, 1.82) is 0 Å². The van der Waals surface area contributed by atoms with Crippen LogP contribution >= 0.6 is 23.4 Å². The van der Waals surface area contributed by atoms with Crippen molar-refractivity contribution in [2.45, 2.75) is 45.0 Å². The molecule has 0 radical (unpaired) electrons. The first-order valence-corrected chi connectivity index (χ1v) is 11.5. The first-order chi connectivity index (χ1) is 14.0. The predicted molar refractivity (Wildman–Crippen MR) is 122 cm³/mol. The van der Waals surface area contributed by atoms with E-state index in [2.05, 4.69) is 12.2 Å². The maximum atomic E-state index is 13.0. The number of halogens is 1. The van der Waals surface area contributed by atoms with Gasteiger partial charge in [-0.25, -0.2) is 0 Å². The summed E-state index contributed by atoms with van der Waals surface area (Å²) < 4.78 is 0. The second kappa shape index (κ2) is 12.6. The molecule has 2 aromatic rings. The average molecular weight is 433 g/mol. The zero-order valence-corrected chi connectivity index (χ0v) is 18.6. The van der Waals surface area contributed by atoms with Gasteiger partial charge in [0, 0.05) is 23.9 Å². The molecule has 1 atom stereocenters. The number of thioether (sulfide) groups is 1. The molecule has 0 saturated heterocycles. The van der Waals surface area contributed by atoms with Crippen molar-refractivity contribution in [3.8, 4) is 0 Å². The van der Waals surface area contributed by atoms with E-state index in [4.69, 9.17) is 11.6 Å². The lowest BCUT2D eigenvalue weighted by atomic mass is 10.1. The largest absolute Gasteiger partial charge is 0.354 e. The first kappa shape index (κ1) is 23.3. The Morgan fingerprint density at radius 1 is 1.07 bits per heavy atom. The van der Waals surface area contributed by atoms with Gasteiger partial charge in [-0.05, 0) is 36.6 Å². The van der Waals surface area contributed by atoms with E-state index < -0.39 is 6.04 Å². The summed E-state index contributed by atoms with van der Waals surface area (Å²) in [6.07, 6.45) is 1.95. The van der Waals surface area contributed by atoms with E-state index in [-0.39, 0.29) is 11.8 Å². The number of nitrogens with one attached hydrogen (secondary N) is 1. The van der Waals surface area contributed by atoms with Crippen LogP contribution in [0.3, 0.4) is 0 Å². The second-order valence-electron chi connectivity index (χ2n) is 6.95. The summed E-state index contributed by atoms with van der Waals surface area (Å²) in [6, 6.07) is 16.9. The lowest BCUT2D eigenvalue weighted by Crippen LogP contribution is -2.48. The van der Waals surface area contributed by atoms with Gasteiger partial charge in [0.25, 0.3) is 0 Å². The summed E-state index contributed by atoms with van der Waals surface area (Å²) in [6.45, 7) is 4.94. The minimum absolute atomic E-state index is 0.0361. The van der Waals surface area contributed by atoms with Gasteiger partial charge in [0.2, 0.25) is 11.8 Å². The van der Waals surface area contributed by atoms with Gasteiger partial charge in [0.05, 0.1) is 5.75 Å². The molecule has 0 fully saturated rings. The van der Waals surface area contributed by atoms with E-state index in [0.29, 0.717) is 23.9 Å². The summed E-state index contributed by atoms with van der Waals surface area (Å²) in [5.41, 5.74) is 2.13. The summed E-state index contributed by atoms with van der Waals surface area (Å²) in [5, 5.41) is 3.64. The maximum absolute atomic E-state index is 13.0. The molecule has 156 valence electrons. The molecule has 0 bridgehead atoms. The molecule has 2 amide bonds. The van der Waals surface area contributed by atoms with E-state index in [1.165, 1.54) is 0 Å². The molecule has 1 N–H and O–H groups in total. The highest BCUT2D eigenvalue weighted by Gasteiger charge is 2.25. The molecule has 0 saturated carbocycles. The van der Waals surface area contributed by atoms with Crippen LogP contribution in [-0.4, -0.2) is 35.1 Å². The number of carbonyl (C=O) groups is 2. The van der Waals surface area contributed by atoms with Gasteiger partial charge in [-0.3, -0.25) is 9.59 Å². The molecule has 0 aromatic heterocycles. The molecule has 2 rings (SSSR count). The first-order valence-electron chi connectivity index (χ1n) is 9.94. The Balaban J connectivity index is 1.99. The van der Waals surface area contributed by atoms with Crippen LogP contribution in [-0.2, 0) is 21.9 Å². The lowest BCUT2D eigenvalue weighted by molar-refractivity contribution is -0.138. The highest BCUT2D eigenvalue weighted by Crippen LogP contribution is 2.17. The quantitative estimate of drug-likeness (QED) is 0.513. The molecular weight excluding hydrogens is 404 g/mol. The average Bonchev–Trinajstić information content (AvgIpc) is 2.73. The number of amides is 2. The van der Waals surface area contributed by atoms with E-state index in [9.17, 15) is 9.59 Å². The van der Waals surface area contributed by atoms with Crippen LogP contribution in [0.1, 0.15) is 37.8 Å². The topological polar surface area (TPSA) is 49.4 Å². The highest BCUT2D eigenvalue weighted by molar-refractivity contribution is 7.99. The van der Waals surface area contributed by atoms with Crippen molar-refractivity contribution < 1.29 is 9.59 Å². The molecule has 0 unspecified atom stereocenters. The van der Waals surface area contributed by atoms with E-state index >= 15 is 0 Å². The van der Waals surface area contributed by atoms with Crippen LogP contribution in [0.25, 0.3) is 0 Å². The normalized spacial score (nSPS) is 11.7. The van der Waals surface area contributed by atoms with E-state index in [1.54, 1.807) is 23.6 Å². The van der Waals surface area contributed by atoms with Crippen molar-refractivity contribution in [3.05, 3.63) is 70.7 Å². The Labute approximate surface area is 183 Å². The standard InChI is InChI=1S/C23H29ClN2O2S/c1-3-4-14-25-23(28)18(2)26(15-19-8-6-5-7-9-19)22(27)17-29-16-20-10-12-21(24)13-11-20/h5-13,18H,3-4,14-17H2,1-2H3,(H,25,28)/t18-/m0/s1. The summed E-state index contributed by atoms with van der Waals surface area (Å²) in [4.78, 5) is 27.2. The summed E-state index contributed by atoms with van der Waals surface area (Å²) in [7, 11) is 0. The summed E-state index contributed by atoms with van der Waals surface area (Å²) >= 11 is 7.46. The second-order valence-corrected chi connectivity index (χ2v) is 8.37. The number of rotatable bonds is 11. The Morgan fingerprint density at radius 3 is 2.41 bits per heavy atom. The van der Waals surface area contributed by atoms with Gasteiger partial charge in [-0.2, -0.15) is 0 Å². The fourth-order valence-electron chi connectivity index (χ4n) is 2.82. The lowest BCUT2D eigenvalue weighted by Gasteiger charge is -2.28. The van der Waals surface area contributed by atoms with Crippen molar-refractivity contribution in [2.24, 2.45) is 0 Å². The molecule has 29 heavy (non-hydrogen) atoms.